The molecule has 82 valence electrons. The minimum absolute atomic E-state index is 0.109. The molecule has 1 N–H and O–H groups in total. The predicted molar refractivity (Wildman–Crippen MR) is 61.3 cm³/mol. The molecular weight excluding hydrogens is 274 g/mol. The lowest BCUT2D eigenvalue weighted by Crippen LogP contribution is -1.99. The van der Waals surface area contributed by atoms with Crippen molar-refractivity contribution in [2.75, 3.05) is 0 Å². The summed E-state index contributed by atoms with van der Waals surface area (Å²) in [5.41, 5.74) is 1.17. The van der Waals surface area contributed by atoms with Crippen LogP contribution in [0, 0.1) is 6.92 Å². The highest BCUT2D eigenvalue weighted by molar-refractivity contribution is 9.10. The number of aryl methyl sites for hydroxylation is 1. The number of carboxylic acids is 1. The fourth-order valence-electron chi connectivity index (χ4n) is 1.46. The molecule has 0 aliphatic carbocycles. The summed E-state index contributed by atoms with van der Waals surface area (Å²) in [6.07, 6.45) is 0. The predicted octanol–water partition coefficient (Wildman–Crippen LogP) is 3.11. The van der Waals surface area contributed by atoms with Crippen LogP contribution in [0.3, 0.4) is 0 Å². The quantitative estimate of drug-likeness (QED) is 0.919. The zero-order chi connectivity index (χ0) is 11.7. The van der Waals surface area contributed by atoms with Crippen LogP contribution in [0.2, 0.25) is 0 Å². The van der Waals surface area contributed by atoms with Gasteiger partial charge in [0, 0.05) is 10.0 Å². The summed E-state index contributed by atoms with van der Waals surface area (Å²) >= 11 is 3.32. The molecule has 0 amide bonds. The van der Waals surface area contributed by atoms with Gasteiger partial charge in [-0.05, 0) is 19.1 Å². The molecule has 0 saturated heterocycles. The van der Waals surface area contributed by atoms with Crippen LogP contribution in [0.1, 0.15) is 16.1 Å². The van der Waals surface area contributed by atoms with Crippen molar-refractivity contribution in [1.82, 2.24) is 5.16 Å². The molecule has 1 aromatic carbocycles. The number of hydrogen-bond acceptors (Lipinski definition) is 3. The third-order valence-electron chi connectivity index (χ3n) is 2.17. The van der Waals surface area contributed by atoms with Gasteiger partial charge >= 0.3 is 5.97 Å². The second kappa shape index (κ2) is 4.09. The van der Waals surface area contributed by atoms with E-state index in [-0.39, 0.29) is 5.56 Å². The first-order valence-corrected chi connectivity index (χ1v) is 5.34. The van der Waals surface area contributed by atoms with Crippen LogP contribution < -0.4 is 0 Å². The third-order valence-corrected chi connectivity index (χ3v) is 2.67. The highest BCUT2D eigenvalue weighted by atomic mass is 79.9. The summed E-state index contributed by atoms with van der Waals surface area (Å²) < 4.78 is 5.77. The van der Waals surface area contributed by atoms with E-state index >= 15 is 0 Å². The van der Waals surface area contributed by atoms with Gasteiger partial charge in [0.2, 0.25) is 0 Å². The fourth-order valence-corrected chi connectivity index (χ4v) is 1.86. The first kappa shape index (κ1) is 10.9. The Morgan fingerprint density at radius 1 is 1.50 bits per heavy atom. The Labute approximate surface area is 100 Å². The minimum Gasteiger partial charge on any atom is -0.477 e. The number of halogens is 1. The van der Waals surface area contributed by atoms with E-state index in [1.807, 2.05) is 12.1 Å². The monoisotopic (exact) mass is 281 g/mol. The van der Waals surface area contributed by atoms with E-state index in [0.29, 0.717) is 17.0 Å². The van der Waals surface area contributed by atoms with Gasteiger partial charge in [0.1, 0.15) is 17.0 Å². The number of rotatable bonds is 2. The number of aromatic carboxylic acids is 1. The van der Waals surface area contributed by atoms with Crippen molar-refractivity contribution in [2.45, 2.75) is 6.92 Å². The maximum absolute atomic E-state index is 11.1. The number of benzene rings is 1. The highest BCUT2D eigenvalue weighted by Crippen LogP contribution is 2.27. The lowest BCUT2D eigenvalue weighted by atomic mass is 10.1. The van der Waals surface area contributed by atoms with Crippen LogP contribution in [0.4, 0.5) is 0 Å². The Kier molecular flexibility index (Phi) is 2.78. The Hall–Kier alpha value is -1.62. The summed E-state index contributed by atoms with van der Waals surface area (Å²) in [6, 6.07) is 7.25. The molecule has 2 aromatic rings. The first-order valence-electron chi connectivity index (χ1n) is 4.55. The molecule has 2 rings (SSSR count). The molecule has 0 fully saturated rings. The number of carboxylic acid groups (broad SMARTS) is 1. The van der Waals surface area contributed by atoms with Crippen LogP contribution in [0.5, 0.6) is 0 Å². The molecule has 0 atom stereocenters. The standard InChI is InChI=1S/C11H8BrNO3/c1-6-9(11(14)15)10(13-16-6)7-3-2-4-8(12)5-7/h2-5H,1H3,(H,14,15). The Morgan fingerprint density at radius 2 is 2.25 bits per heavy atom. The SMILES string of the molecule is Cc1onc(-c2cccc(Br)c2)c1C(=O)O. The molecular formula is C11H8BrNO3. The van der Waals surface area contributed by atoms with Gasteiger partial charge in [-0.25, -0.2) is 4.79 Å². The summed E-state index contributed by atoms with van der Waals surface area (Å²) in [5, 5.41) is 12.8. The van der Waals surface area contributed by atoms with E-state index in [2.05, 4.69) is 21.1 Å². The Balaban J connectivity index is 2.60. The van der Waals surface area contributed by atoms with Crippen molar-refractivity contribution in [1.29, 1.82) is 0 Å². The maximum Gasteiger partial charge on any atom is 0.341 e. The molecule has 0 aliphatic rings. The van der Waals surface area contributed by atoms with Crippen LogP contribution in [0.15, 0.2) is 33.3 Å². The summed E-state index contributed by atoms with van der Waals surface area (Å²) in [6.45, 7) is 1.58. The van der Waals surface area contributed by atoms with Gasteiger partial charge in [0.05, 0.1) is 0 Å². The Morgan fingerprint density at radius 3 is 2.88 bits per heavy atom. The van der Waals surface area contributed by atoms with E-state index in [1.54, 1.807) is 19.1 Å². The van der Waals surface area contributed by atoms with Crippen LogP contribution in [-0.4, -0.2) is 16.2 Å². The third kappa shape index (κ3) is 1.86. The smallest absolute Gasteiger partial charge is 0.341 e. The van der Waals surface area contributed by atoms with Gasteiger partial charge in [0.25, 0.3) is 0 Å². The van der Waals surface area contributed by atoms with E-state index < -0.39 is 5.97 Å². The van der Waals surface area contributed by atoms with Crippen molar-refractivity contribution < 1.29 is 14.4 Å². The zero-order valence-corrected chi connectivity index (χ0v) is 9.98. The van der Waals surface area contributed by atoms with Gasteiger partial charge in [-0.3, -0.25) is 0 Å². The fraction of sp³-hybridized carbons (Fsp3) is 0.0909. The van der Waals surface area contributed by atoms with Gasteiger partial charge in [-0.15, -0.1) is 0 Å². The van der Waals surface area contributed by atoms with Crippen LogP contribution >= 0.6 is 15.9 Å². The molecule has 1 heterocycles. The van der Waals surface area contributed by atoms with E-state index in [9.17, 15) is 4.79 Å². The van der Waals surface area contributed by atoms with Crippen molar-refractivity contribution in [3.8, 4) is 11.3 Å². The second-order valence-electron chi connectivity index (χ2n) is 3.28. The molecule has 16 heavy (non-hydrogen) atoms. The lowest BCUT2D eigenvalue weighted by molar-refractivity contribution is 0.0696. The molecule has 0 saturated carbocycles. The molecule has 5 heteroatoms. The van der Waals surface area contributed by atoms with Crippen LogP contribution in [-0.2, 0) is 0 Å². The molecule has 0 bridgehead atoms. The molecule has 0 spiro atoms. The van der Waals surface area contributed by atoms with Crippen LogP contribution in [0.25, 0.3) is 11.3 Å². The van der Waals surface area contributed by atoms with E-state index in [0.717, 1.165) is 4.47 Å². The van der Waals surface area contributed by atoms with E-state index in [4.69, 9.17) is 9.63 Å². The summed E-state index contributed by atoms with van der Waals surface area (Å²) in [4.78, 5) is 11.1. The second-order valence-corrected chi connectivity index (χ2v) is 4.19. The van der Waals surface area contributed by atoms with Gasteiger partial charge < -0.3 is 9.63 Å². The van der Waals surface area contributed by atoms with Gasteiger partial charge in [0.15, 0.2) is 0 Å². The van der Waals surface area contributed by atoms with Crippen molar-refractivity contribution in [3.05, 3.63) is 40.1 Å². The normalized spacial score (nSPS) is 10.4. The topological polar surface area (TPSA) is 63.3 Å². The van der Waals surface area contributed by atoms with E-state index in [1.165, 1.54) is 0 Å². The summed E-state index contributed by atoms with van der Waals surface area (Å²) in [7, 11) is 0. The molecule has 1 aromatic heterocycles. The number of aromatic nitrogens is 1. The lowest BCUT2D eigenvalue weighted by Gasteiger charge is -1.98. The minimum atomic E-state index is -1.03. The highest BCUT2D eigenvalue weighted by Gasteiger charge is 2.20. The molecule has 0 unspecified atom stereocenters. The average molecular weight is 282 g/mol. The van der Waals surface area contributed by atoms with Crippen molar-refractivity contribution in [2.24, 2.45) is 0 Å². The molecule has 0 aliphatic heterocycles. The number of nitrogens with zero attached hydrogens (tertiary/aromatic N) is 1. The largest absolute Gasteiger partial charge is 0.477 e. The number of hydrogen-bond donors (Lipinski definition) is 1. The van der Waals surface area contributed by atoms with Crippen molar-refractivity contribution in [3.63, 3.8) is 0 Å². The first-order chi connectivity index (χ1) is 7.59. The molecule has 4 nitrogen and oxygen atoms in total. The van der Waals surface area contributed by atoms with Crippen molar-refractivity contribution >= 4 is 21.9 Å². The number of carbonyl (C=O) groups is 1. The maximum atomic E-state index is 11.1. The Bertz CT molecular complexity index is 548. The average Bonchev–Trinajstić information content (AvgIpc) is 2.60. The zero-order valence-electron chi connectivity index (χ0n) is 8.40. The van der Waals surface area contributed by atoms with Gasteiger partial charge in [-0.2, -0.15) is 0 Å². The molecule has 0 radical (unpaired) electrons. The van der Waals surface area contributed by atoms with Gasteiger partial charge in [-0.1, -0.05) is 33.2 Å². The summed E-state index contributed by atoms with van der Waals surface area (Å²) in [5.74, 6) is -0.726.